The molecular formula is C20H14F6O2. The fraction of sp³-hybridized carbons (Fsp3) is 0.250. The van der Waals surface area contributed by atoms with E-state index in [1.807, 2.05) is 0 Å². The maximum atomic E-state index is 13.2. The molecular weight excluding hydrogens is 386 g/mol. The molecule has 3 rings (SSSR count). The zero-order chi connectivity index (χ0) is 20.5. The summed E-state index contributed by atoms with van der Waals surface area (Å²) in [5.74, 6) is 0.506. The second kappa shape index (κ2) is 7.33. The van der Waals surface area contributed by atoms with E-state index in [0.717, 1.165) is 6.07 Å². The summed E-state index contributed by atoms with van der Waals surface area (Å²) in [4.78, 5) is 10.8. The van der Waals surface area contributed by atoms with Gasteiger partial charge >= 0.3 is 12.4 Å². The average Bonchev–Trinajstić information content (AvgIpc) is 2.64. The Morgan fingerprint density at radius 1 is 0.929 bits per heavy atom. The minimum atomic E-state index is -4.88. The zero-order valence-electron chi connectivity index (χ0n) is 14.3. The molecule has 28 heavy (non-hydrogen) atoms. The molecule has 2 nitrogen and oxygen atoms in total. The highest BCUT2D eigenvalue weighted by atomic mass is 19.4. The number of alkyl halides is 6. The van der Waals surface area contributed by atoms with Crippen LogP contribution in [0.3, 0.4) is 0 Å². The first-order chi connectivity index (χ1) is 13.1. The lowest BCUT2D eigenvalue weighted by molar-refractivity contribution is -0.143. The molecule has 0 spiro atoms. The van der Waals surface area contributed by atoms with Crippen molar-refractivity contribution in [3.05, 3.63) is 69.8 Å². The maximum Gasteiger partial charge on any atom is 0.416 e. The number of rotatable bonds is 4. The summed E-state index contributed by atoms with van der Waals surface area (Å²) in [6.45, 7) is 0.108. The molecule has 2 aromatic rings. The highest BCUT2D eigenvalue weighted by Gasteiger charge is 2.37. The van der Waals surface area contributed by atoms with Gasteiger partial charge in [-0.25, -0.2) is 0 Å². The van der Waals surface area contributed by atoms with Crippen LogP contribution >= 0.6 is 0 Å². The maximum absolute atomic E-state index is 13.2. The molecule has 0 unspecified atom stereocenters. The van der Waals surface area contributed by atoms with Crippen LogP contribution in [0.4, 0.5) is 26.3 Å². The van der Waals surface area contributed by atoms with Crippen LogP contribution in [0.2, 0.25) is 0 Å². The molecule has 8 heteroatoms. The summed E-state index contributed by atoms with van der Waals surface area (Å²) in [5, 5.41) is 0. The van der Waals surface area contributed by atoms with Crippen LogP contribution in [0.25, 0.3) is 6.08 Å². The standard InChI is InChI=1S/C20H14F6O2/c21-19(22,23)16-6-5-14(17(9-16)20(24,25)26)3-1-12-2-4-15-7-13(10-27)11-28-18(15)8-12/h2,4-10H,1,3,11H2. The fourth-order valence-electron chi connectivity index (χ4n) is 2.96. The van der Waals surface area contributed by atoms with E-state index in [4.69, 9.17) is 4.74 Å². The van der Waals surface area contributed by atoms with E-state index in [0.29, 0.717) is 34.8 Å². The third kappa shape index (κ3) is 4.37. The molecule has 0 radical (unpaired) electrons. The number of halogens is 6. The Bertz CT molecular complexity index is 925. The minimum absolute atomic E-state index is 0.0821. The number of carbonyl (C=O) groups is 1. The van der Waals surface area contributed by atoms with Crippen molar-refractivity contribution < 1.29 is 35.9 Å². The Morgan fingerprint density at radius 3 is 2.32 bits per heavy atom. The first kappa shape index (κ1) is 20.0. The van der Waals surface area contributed by atoms with Gasteiger partial charge in [0, 0.05) is 11.1 Å². The summed E-state index contributed by atoms with van der Waals surface area (Å²) in [6, 6.07) is 6.71. The third-order valence-corrected chi connectivity index (χ3v) is 4.39. The van der Waals surface area contributed by atoms with Crippen molar-refractivity contribution in [2.75, 3.05) is 6.61 Å². The Balaban J connectivity index is 1.83. The first-order valence-electron chi connectivity index (χ1n) is 8.27. The van der Waals surface area contributed by atoms with E-state index < -0.39 is 23.5 Å². The van der Waals surface area contributed by atoms with Crippen LogP contribution in [0.5, 0.6) is 5.75 Å². The predicted octanol–water partition coefficient (Wildman–Crippen LogP) is 5.48. The van der Waals surface area contributed by atoms with E-state index in [1.165, 1.54) is 0 Å². The van der Waals surface area contributed by atoms with Crippen LogP contribution in [0.15, 0.2) is 42.0 Å². The molecule has 0 saturated heterocycles. The van der Waals surface area contributed by atoms with Crippen LogP contribution < -0.4 is 4.74 Å². The van der Waals surface area contributed by atoms with Crippen molar-refractivity contribution in [2.24, 2.45) is 0 Å². The highest BCUT2D eigenvalue weighted by molar-refractivity contribution is 5.84. The van der Waals surface area contributed by atoms with Gasteiger partial charge in [0.05, 0.1) is 11.1 Å². The zero-order valence-corrected chi connectivity index (χ0v) is 14.3. The smallest absolute Gasteiger partial charge is 0.416 e. The van der Waals surface area contributed by atoms with E-state index in [-0.39, 0.29) is 31.1 Å². The van der Waals surface area contributed by atoms with E-state index in [1.54, 1.807) is 24.3 Å². The first-order valence-corrected chi connectivity index (χ1v) is 8.27. The summed E-state index contributed by atoms with van der Waals surface area (Å²) in [7, 11) is 0. The lowest BCUT2D eigenvalue weighted by atomic mass is 9.96. The lowest BCUT2D eigenvalue weighted by Gasteiger charge is -2.17. The van der Waals surface area contributed by atoms with Crippen molar-refractivity contribution in [3.8, 4) is 5.75 Å². The van der Waals surface area contributed by atoms with Gasteiger partial charge in [0.2, 0.25) is 0 Å². The van der Waals surface area contributed by atoms with Gasteiger partial charge in [-0.3, -0.25) is 4.79 Å². The monoisotopic (exact) mass is 400 g/mol. The molecule has 0 N–H and O–H groups in total. The Morgan fingerprint density at radius 2 is 1.68 bits per heavy atom. The summed E-state index contributed by atoms with van der Waals surface area (Å²) < 4.78 is 83.3. The average molecular weight is 400 g/mol. The molecule has 0 bridgehead atoms. The van der Waals surface area contributed by atoms with Gasteiger partial charge < -0.3 is 4.74 Å². The van der Waals surface area contributed by atoms with Gasteiger partial charge in [0.25, 0.3) is 0 Å². The Hall–Kier alpha value is -2.77. The van der Waals surface area contributed by atoms with Crippen molar-refractivity contribution in [3.63, 3.8) is 0 Å². The molecule has 0 fully saturated rings. The quantitative estimate of drug-likeness (QED) is 0.502. The van der Waals surface area contributed by atoms with Crippen LogP contribution in [0, 0.1) is 0 Å². The molecule has 0 atom stereocenters. The van der Waals surface area contributed by atoms with E-state index in [9.17, 15) is 31.1 Å². The van der Waals surface area contributed by atoms with Crippen molar-refractivity contribution in [2.45, 2.75) is 25.2 Å². The second-order valence-electron chi connectivity index (χ2n) is 6.37. The number of ether oxygens (including phenoxy) is 1. The SMILES string of the molecule is O=CC1=Cc2ccc(CCc3ccc(C(F)(F)F)cc3C(F)(F)F)cc2OC1. The molecule has 0 aliphatic carbocycles. The van der Waals surface area contributed by atoms with Gasteiger partial charge in [-0.2, -0.15) is 26.3 Å². The van der Waals surface area contributed by atoms with Gasteiger partial charge in [-0.15, -0.1) is 0 Å². The molecule has 1 aliphatic heterocycles. The molecule has 1 heterocycles. The van der Waals surface area contributed by atoms with Crippen molar-refractivity contribution in [1.29, 1.82) is 0 Å². The summed E-state index contributed by atoms with van der Waals surface area (Å²) in [6.07, 6.45) is -7.28. The van der Waals surface area contributed by atoms with Crippen LogP contribution in [0.1, 0.15) is 27.8 Å². The fourth-order valence-corrected chi connectivity index (χ4v) is 2.96. The van der Waals surface area contributed by atoms with Gasteiger partial charge in [0.15, 0.2) is 0 Å². The molecule has 0 aromatic heterocycles. The topological polar surface area (TPSA) is 26.3 Å². The molecule has 2 aromatic carbocycles. The van der Waals surface area contributed by atoms with E-state index in [2.05, 4.69) is 0 Å². The molecule has 0 saturated carbocycles. The van der Waals surface area contributed by atoms with Crippen LogP contribution in [-0.2, 0) is 30.0 Å². The number of aryl methyl sites for hydroxylation is 2. The molecule has 148 valence electrons. The molecule has 0 amide bonds. The number of benzene rings is 2. The molecule has 1 aliphatic rings. The van der Waals surface area contributed by atoms with Crippen molar-refractivity contribution in [1.82, 2.24) is 0 Å². The third-order valence-electron chi connectivity index (χ3n) is 4.39. The van der Waals surface area contributed by atoms with Crippen molar-refractivity contribution >= 4 is 12.4 Å². The number of fused-ring (bicyclic) bond motifs is 1. The predicted molar refractivity (Wildman–Crippen MR) is 89.8 cm³/mol. The number of hydrogen-bond acceptors (Lipinski definition) is 2. The Kier molecular flexibility index (Phi) is 5.23. The summed E-state index contributed by atoms with van der Waals surface area (Å²) >= 11 is 0. The van der Waals surface area contributed by atoms with Gasteiger partial charge in [-0.05, 0) is 48.2 Å². The number of aldehydes is 1. The minimum Gasteiger partial charge on any atom is -0.488 e. The number of carbonyl (C=O) groups excluding carboxylic acids is 1. The summed E-state index contributed by atoms with van der Waals surface area (Å²) in [5.41, 5.74) is -0.988. The second-order valence-corrected chi connectivity index (χ2v) is 6.37. The lowest BCUT2D eigenvalue weighted by Crippen LogP contribution is -2.14. The van der Waals surface area contributed by atoms with Gasteiger partial charge in [-0.1, -0.05) is 18.2 Å². The number of hydrogen-bond donors (Lipinski definition) is 0. The largest absolute Gasteiger partial charge is 0.488 e. The van der Waals surface area contributed by atoms with Crippen LogP contribution in [-0.4, -0.2) is 12.9 Å². The highest BCUT2D eigenvalue weighted by Crippen LogP contribution is 2.38. The Labute approximate surface area is 156 Å². The van der Waals surface area contributed by atoms with E-state index >= 15 is 0 Å². The normalized spacial score (nSPS) is 14.1. The van der Waals surface area contributed by atoms with Gasteiger partial charge in [0.1, 0.15) is 18.6 Å².